The molecular formula is C13H16ClNO2. The van der Waals surface area contributed by atoms with Gasteiger partial charge in [0.25, 0.3) is 0 Å². The number of rotatable bonds is 4. The van der Waals surface area contributed by atoms with Crippen LogP contribution in [-0.4, -0.2) is 24.9 Å². The zero-order valence-corrected chi connectivity index (χ0v) is 10.3. The number of hydrogen-bond acceptors (Lipinski definition) is 3. The molecule has 1 aliphatic rings. The van der Waals surface area contributed by atoms with Gasteiger partial charge in [0, 0.05) is 6.54 Å². The molecule has 2 N–H and O–H groups in total. The Kier molecular flexibility index (Phi) is 4.42. The molecule has 0 saturated carbocycles. The molecule has 0 aliphatic carbocycles. The minimum atomic E-state index is 0.0255. The molecule has 0 spiro atoms. The van der Waals surface area contributed by atoms with Crippen molar-refractivity contribution in [3.63, 3.8) is 0 Å². The van der Waals surface area contributed by atoms with E-state index in [1.54, 1.807) is 6.07 Å². The third-order valence-corrected chi connectivity index (χ3v) is 3.03. The van der Waals surface area contributed by atoms with Crippen molar-refractivity contribution < 1.29 is 9.84 Å². The van der Waals surface area contributed by atoms with E-state index in [1.165, 1.54) is 5.57 Å². The van der Waals surface area contributed by atoms with E-state index in [4.69, 9.17) is 21.4 Å². The number of aliphatic hydroxyl groups excluding tert-OH is 1. The van der Waals surface area contributed by atoms with E-state index >= 15 is 0 Å². The van der Waals surface area contributed by atoms with Crippen LogP contribution in [0.15, 0.2) is 29.8 Å². The van der Waals surface area contributed by atoms with Crippen LogP contribution in [-0.2, 0) is 11.3 Å². The SMILES string of the molecule is OCc1ccc(Cl)c(NCC2=CCCOC2)c1. The second-order valence-electron chi connectivity index (χ2n) is 4.03. The van der Waals surface area contributed by atoms with Crippen molar-refractivity contribution in [3.05, 3.63) is 40.4 Å². The Morgan fingerprint density at radius 2 is 2.29 bits per heavy atom. The number of hydrogen-bond donors (Lipinski definition) is 2. The topological polar surface area (TPSA) is 41.5 Å². The van der Waals surface area contributed by atoms with E-state index in [0.717, 1.165) is 30.8 Å². The summed E-state index contributed by atoms with van der Waals surface area (Å²) in [5.41, 5.74) is 2.94. The van der Waals surface area contributed by atoms with E-state index in [-0.39, 0.29) is 6.61 Å². The lowest BCUT2D eigenvalue weighted by molar-refractivity contribution is 0.150. The minimum Gasteiger partial charge on any atom is -0.392 e. The summed E-state index contributed by atoms with van der Waals surface area (Å²) in [4.78, 5) is 0. The van der Waals surface area contributed by atoms with Crippen molar-refractivity contribution in [2.45, 2.75) is 13.0 Å². The van der Waals surface area contributed by atoms with Crippen molar-refractivity contribution in [1.29, 1.82) is 0 Å². The molecule has 92 valence electrons. The molecule has 0 unspecified atom stereocenters. The second-order valence-corrected chi connectivity index (χ2v) is 4.44. The molecular weight excluding hydrogens is 238 g/mol. The summed E-state index contributed by atoms with van der Waals surface area (Å²) in [5, 5.41) is 13.0. The normalized spacial score (nSPS) is 15.5. The number of aliphatic hydroxyl groups is 1. The molecule has 1 aliphatic heterocycles. The van der Waals surface area contributed by atoms with E-state index in [1.807, 2.05) is 12.1 Å². The minimum absolute atomic E-state index is 0.0255. The van der Waals surface area contributed by atoms with E-state index in [9.17, 15) is 0 Å². The number of nitrogens with one attached hydrogen (secondary N) is 1. The van der Waals surface area contributed by atoms with E-state index < -0.39 is 0 Å². The molecule has 0 saturated heterocycles. The van der Waals surface area contributed by atoms with Gasteiger partial charge in [-0.25, -0.2) is 0 Å². The summed E-state index contributed by atoms with van der Waals surface area (Å²) in [6.45, 7) is 2.25. The summed E-state index contributed by atoms with van der Waals surface area (Å²) in [7, 11) is 0. The highest BCUT2D eigenvalue weighted by atomic mass is 35.5. The first kappa shape index (κ1) is 12.4. The van der Waals surface area contributed by atoms with Gasteiger partial charge in [-0.3, -0.25) is 0 Å². The molecule has 4 heteroatoms. The lowest BCUT2D eigenvalue weighted by Crippen LogP contribution is -2.14. The van der Waals surface area contributed by atoms with Gasteiger partial charge in [0.2, 0.25) is 0 Å². The van der Waals surface area contributed by atoms with Crippen molar-refractivity contribution in [2.75, 3.05) is 25.1 Å². The molecule has 1 aromatic carbocycles. The summed E-state index contributed by atoms with van der Waals surface area (Å²) in [6, 6.07) is 5.48. The Bertz CT molecular complexity index is 418. The quantitative estimate of drug-likeness (QED) is 0.811. The lowest BCUT2D eigenvalue weighted by Gasteiger charge is -2.16. The average molecular weight is 254 g/mol. The number of halogens is 1. The molecule has 1 aromatic rings. The van der Waals surface area contributed by atoms with E-state index in [2.05, 4.69) is 11.4 Å². The molecule has 3 nitrogen and oxygen atoms in total. The van der Waals surface area contributed by atoms with Crippen LogP contribution in [0.5, 0.6) is 0 Å². The van der Waals surface area contributed by atoms with Crippen LogP contribution in [0.1, 0.15) is 12.0 Å². The first-order chi connectivity index (χ1) is 8.29. The van der Waals surface area contributed by atoms with Gasteiger partial charge < -0.3 is 15.2 Å². The van der Waals surface area contributed by atoms with Crippen LogP contribution in [0.3, 0.4) is 0 Å². The van der Waals surface area contributed by atoms with Gasteiger partial charge >= 0.3 is 0 Å². The molecule has 2 rings (SSSR count). The second kappa shape index (κ2) is 6.05. The Hall–Kier alpha value is -1.03. The van der Waals surface area contributed by atoms with Crippen molar-refractivity contribution in [2.24, 2.45) is 0 Å². The Morgan fingerprint density at radius 1 is 1.41 bits per heavy atom. The third kappa shape index (κ3) is 3.46. The van der Waals surface area contributed by atoms with Gasteiger partial charge in [-0.15, -0.1) is 0 Å². The Morgan fingerprint density at radius 3 is 3.00 bits per heavy atom. The molecule has 1 heterocycles. The fourth-order valence-electron chi connectivity index (χ4n) is 1.75. The number of benzene rings is 1. The van der Waals surface area contributed by atoms with Crippen LogP contribution in [0.25, 0.3) is 0 Å². The predicted octanol–water partition coefficient (Wildman–Crippen LogP) is 2.59. The molecule has 0 fully saturated rings. The van der Waals surface area contributed by atoms with Crippen LogP contribution in [0.2, 0.25) is 5.02 Å². The van der Waals surface area contributed by atoms with Gasteiger partial charge in [0.1, 0.15) is 0 Å². The van der Waals surface area contributed by atoms with Gasteiger partial charge in [-0.2, -0.15) is 0 Å². The molecule has 0 amide bonds. The zero-order valence-electron chi connectivity index (χ0n) is 9.58. The first-order valence-corrected chi connectivity index (χ1v) is 6.06. The molecule has 0 aromatic heterocycles. The summed E-state index contributed by atoms with van der Waals surface area (Å²) >= 11 is 6.08. The molecule has 17 heavy (non-hydrogen) atoms. The average Bonchev–Trinajstić information content (AvgIpc) is 2.39. The third-order valence-electron chi connectivity index (χ3n) is 2.70. The van der Waals surface area contributed by atoms with Crippen LogP contribution in [0, 0.1) is 0 Å². The highest BCUT2D eigenvalue weighted by molar-refractivity contribution is 6.33. The van der Waals surface area contributed by atoms with Crippen LogP contribution >= 0.6 is 11.6 Å². The molecule has 0 radical (unpaired) electrons. The van der Waals surface area contributed by atoms with Crippen LogP contribution in [0.4, 0.5) is 5.69 Å². The maximum absolute atomic E-state index is 9.07. The van der Waals surface area contributed by atoms with Gasteiger partial charge in [0.05, 0.1) is 30.5 Å². The standard InChI is InChI=1S/C13H16ClNO2/c14-12-4-3-10(8-16)6-13(12)15-7-11-2-1-5-17-9-11/h2-4,6,15-16H,1,5,7-9H2. The summed E-state index contributed by atoms with van der Waals surface area (Å²) in [6.07, 6.45) is 3.17. The molecule has 0 atom stereocenters. The summed E-state index contributed by atoms with van der Waals surface area (Å²) in [5.74, 6) is 0. The number of ether oxygens (including phenoxy) is 1. The first-order valence-electron chi connectivity index (χ1n) is 5.68. The van der Waals surface area contributed by atoms with Crippen LogP contribution < -0.4 is 5.32 Å². The maximum atomic E-state index is 9.07. The fourth-order valence-corrected chi connectivity index (χ4v) is 1.93. The predicted molar refractivity (Wildman–Crippen MR) is 69.4 cm³/mol. The number of anilines is 1. The summed E-state index contributed by atoms with van der Waals surface area (Å²) < 4.78 is 5.36. The monoisotopic (exact) mass is 253 g/mol. The highest BCUT2D eigenvalue weighted by Gasteiger charge is 2.05. The Labute approximate surface area is 106 Å². The smallest absolute Gasteiger partial charge is 0.0693 e. The van der Waals surface area contributed by atoms with Crippen molar-refractivity contribution >= 4 is 17.3 Å². The van der Waals surface area contributed by atoms with Gasteiger partial charge in [-0.05, 0) is 29.7 Å². The van der Waals surface area contributed by atoms with Crippen molar-refractivity contribution in [1.82, 2.24) is 0 Å². The largest absolute Gasteiger partial charge is 0.392 e. The molecule has 0 bridgehead atoms. The zero-order chi connectivity index (χ0) is 12.1. The fraction of sp³-hybridized carbons (Fsp3) is 0.385. The van der Waals surface area contributed by atoms with Gasteiger partial charge in [0.15, 0.2) is 0 Å². The van der Waals surface area contributed by atoms with Gasteiger partial charge in [-0.1, -0.05) is 23.7 Å². The maximum Gasteiger partial charge on any atom is 0.0693 e. The van der Waals surface area contributed by atoms with Crippen molar-refractivity contribution in [3.8, 4) is 0 Å². The van der Waals surface area contributed by atoms with E-state index in [0.29, 0.717) is 11.6 Å². The highest BCUT2D eigenvalue weighted by Crippen LogP contribution is 2.23. The Balaban J connectivity index is 2.00. The lowest BCUT2D eigenvalue weighted by atomic mass is 10.1.